The van der Waals surface area contributed by atoms with Crippen LogP contribution in [-0.2, 0) is 0 Å². The van der Waals surface area contributed by atoms with Crippen molar-refractivity contribution in [3.63, 3.8) is 0 Å². The number of nitrogens with zero attached hydrogens (tertiary/aromatic N) is 2. The maximum absolute atomic E-state index is 8.97. The summed E-state index contributed by atoms with van der Waals surface area (Å²) in [4.78, 5) is 4.36. The second kappa shape index (κ2) is 5.05. The lowest BCUT2D eigenvalue weighted by Crippen LogP contribution is -2.11. The number of hydrogen-bond acceptors (Lipinski definition) is 4. The molecule has 0 saturated carbocycles. The molecule has 18 heavy (non-hydrogen) atoms. The number of nitrogens with one attached hydrogen (secondary N) is 1. The number of nitrogen functional groups attached to an aromatic ring is 1. The normalized spacial score (nSPS) is 9.89. The Bertz CT molecular complexity index is 614. The molecule has 0 atom stereocenters. The first-order chi connectivity index (χ1) is 8.65. The van der Waals surface area contributed by atoms with Gasteiger partial charge in [-0.05, 0) is 30.7 Å². The van der Waals surface area contributed by atoms with Gasteiger partial charge in [0.1, 0.15) is 6.07 Å². The van der Waals surface area contributed by atoms with Gasteiger partial charge in [0, 0.05) is 10.6 Å². The van der Waals surface area contributed by atoms with E-state index in [1.807, 2.05) is 25.1 Å². The zero-order chi connectivity index (χ0) is 13.1. The third kappa shape index (κ3) is 2.28. The summed E-state index contributed by atoms with van der Waals surface area (Å²) in [6.45, 7) is 1.90. The van der Waals surface area contributed by atoms with E-state index in [0.29, 0.717) is 16.4 Å². The molecule has 4 nitrogen and oxygen atoms in total. The van der Waals surface area contributed by atoms with Crippen LogP contribution in [0, 0.1) is 18.3 Å². The predicted molar refractivity (Wildman–Crippen MR) is 71.9 cm³/mol. The van der Waals surface area contributed by atoms with Gasteiger partial charge in [0.15, 0.2) is 5.82 Å². The number of hydrogen-bond donors (Lipinski definition) is 2. The summed E-state index contributed by atoms with van der Waals surface area (Å²) in [6, 6.07) is 11.2. The van der Waals surface area contributed by atoms with Crippen molar-refractivity contribution >= 4 is 17.4 Å². The molecule has 0 aliphatic carbocycles. The highest BCUT2D eigenvalue weighted by molar-refractivity contribution is 6.30. The smallest absolute Gasteiger partial charge is 0.158 e. The number of nitrogens with two attached hydrogens (primary N) is 1. The molecule has 0 fully saturated rings. The Morgan fingerprint density at radius 2 is 2.00 bits per heavy atom. The Balaban J connectivity index is 2.58. The molecule has 0 aliphatic rings. The van der Waals surface area contributed by atoms with Gasteiger partial charge >= 0.3 is 0 Å². The molecule has 3 N–H and O–H groups in total. The Morgan fingerprint density at radius 1 is 1.33 bits per heavy atom. The second-order valence-corrected chi connectivity index (χ2v) is 4.25. The first-order valence-electron chi connectivity index (χ1n) is 5.30. The standard InChI is InChI=1S/C13H11ClN4/c1-8-6-10(7-15)13(18-16)17-12(8)9-2-4-11(14)5-3-9/h2-6H,16H2,1H3,(H,17,18). The molecule has 1 aromatic carbocycles. The Labute approximate surface area is 110 Å². The van der Waals surface area contributed by atoms with Crippen LogP contribution >= 0.6 is 11.6 Å². The molecule has 0 amide bonds. The van der Waals surface area contributed by atoms with Gasteiger partial charge in [0.2, 0.25) is 0 Å². The van der Waals surface area contributed by atoms with E-state index in [2.05, 4.69) is 10.4 Å². The number of aromatic nitrogens is 1. The molecule has 0 radical (unpaired) electrons. The highest BCUT2D eigenvalue weighted by Crippen LogP contribution is 2.26. The fraction of sp³-hybridized carbons (Fsp3) is 0.0769. The highest BCUT2D eigenvalue weighted by Gasteiger charge is 2.10. The Morgan fingerprint density at radius 3 is 2.56 bits per heavy atom. The molecule has 1 aromatic heterocycles. The Hall–Kier alpha value is -2.09. The number of aryl methyl sites for hydroxylation is 1. The second-order valence-electron chi connectivity index (χ2n) is 3.81. The number of anilines is 1. The van der Waals surface area contributed by atoms with Crippen molar-refractivity contribution in [2.45, 2.75) is 6.92 Å². The maximum Gasteiger partial charge on any atom is 0.158 e. The lowest BCUT2D eigenvalue weighted by molar-refractivity contribution is 1.19. The van der Waals surface area contributed by atoms with Crippen molar-refractivity contribution in [3.8, 4) is 17.3 Å². The van der Waals surface area contributed by atoms with Gasteiger partial charge < -0.3 is 5.43 Å². The van der Waals surface area contributed by atoms with Gasteiger partial charge in [0.25, 0.3) is 0 Å². The quantitative estimate of drug-likeness (QED) is 0.642. The number of rotatable bonds is 2. The summed E-state index contributed by atoms with van der Waals surface area (Å²) in [5, 5.41) is 9.64. The third-order valence-electron chi connectivity index (χ3n) is 2.59. The van der Waals surface area contributed by atoms with Crippen molar-refractivity contribution in [3.05, 3.63) is 46.5 Å². The number of hydrazine groups is 1. The van der Waals surface area contributed by atoms with E-state index in [1.165, 1.54) is 0 Å². The van der Waals surface area contributed by atoms with Crippen molar-refractivity contribution < 1.29 is 0 Å². The summed E-state index contributed by atoms with van der Waals surface area (Å²) in [5.74, 6) is 5.73. The van der Waals surface area contributed by atoms with Crippen LogP contribution in [0.5, 0.6) is 0 Å². The van der Waals surface area contributed by atoms with Gasteiger partial charge in [0.05, 0.1) is 11.3 Å². The Kier molecular flexibility index (Phi) is 3.47. The van der Waals surface area contributed by atoms with Crippen LogP contribution in [0.25, 0.3) is 11.3 Å². The minimum atomic E-state index is 0.369. The van der Waals surface area contributed by atoms with E-state index in [4.69, 9.17) is 22.7 Å². The average Bonchev–Trinajstić information content (AvgIpc) is 2.39. The van der Waals surface area contributed by atoms with Crippen LogP contribution in [0.4, 0.5) is 5.82 Å². The van der Waals surface area contributed by atoms with Gasteiger partial charge in [-0.25, -0.2) is 10.8 Å². The van der Waals surface area contributed by atoms with E-state index >= 15 is 0 Å². The van der Waals surface area contributed by atoms with Crippen molar-refractivity contribution in [1.82, 2.24) is 4.98 Å². The first kappa shape index (κ1) is 12.4. The van der Waals surface area contributed by atoms with Crippen molar-refractivity contribution in [1.29, 1.82) is 5.26 Å². The fourth-order valence-corrected chi connectivity index (χ4v) is 1.83. The molecule has 0 bridgehead atoms. The monoisotopic (exact) mass is 258 g/mol. The van der Waals surface area contributed by atoms with Gasteiger partial charge in [-0.2, -0.15) is 5.26 Å². The third-order valence-corrected chi connectivity index (χ3v) is 2.84. The molecule has 2 aromatic rings. The largest absolute Gasteiger partial charge is 0.307 e. The highest BCUT2D eigenvalue weighted by atomic mass is 35.5. The lowest BCUT2D eigenvalue weighted by atomic mass is 10.1. The van der Waals surface area contributed by atoms with Crippen LogP contribution in [0.2, 0.25) is 5.02 Å². The van der Waals surface area contributed by atoms with Crippen LogP contribution in [-0.4, -0.2) is 4.98 Å². The van der Waals surface area contributed by atoms with Crippen LogP contribution in [0.3, 0.4) is 0 Å². The molecule has 90 valence electrons. The van der Waals surface area contributed by atoms with Gasteiger partial charge in [-0.3, -0.25) is 0 Å². The van der Waals surface area contributed by atoms with Gasteiger partial charge in [-0.15, -0.1) is 0 Å². The first-order valence-corrected chi connectivity index (χ1v) is 5.68. The summed E-state index contributed by atoms with van der Waals surface area (Å²) in [7, 11) is 0. The fourth-order valence-electron chi connectivity index (χ4n) is 1.71. The van der Waals surface area contributed by atoms with E-state index in [9.17, 15) is 0 Å². The molecule has 5 heteroatoms. The zero-order valence-corrected chi connectivity index (χ0v) is 10.5. The van der Waals surface area contributed by atoms with Crippen molar-refractivity contribution in [2.24, 2.45) is 5.84 Å². The number of halogens is 1. The van der Waals surface area contributed by atoms with Crippen molar-refractivity contribution in [2.75, 3.05) is 5.43 Å². The summed E-state index contributed by atoms with van der Waals surface area (Å²) in [5.41, 5.74) is 5.47. The molecule has 0 aliphatic heterocycles. The van der Waals surface area contributed by atoms with Crippen LogP contribution in [0.15, 0.2) is 30.3 Å². The summed E-state index contributed by atoms with van der Waals surface area (Å²) in [6.07, 6.45) is 0. The molecule has 2 rings (SSSR count). The number of nitriles is 1. The van der Waals surface area contributed by atoms with E-state index in [0.717, 1.165) is 16.8 Å². The molecular formula is C13H11ClN4. The summed E-state index contributed by atoms with van der Waals surface area (Å²) < 4.78 is 0. The number of benzene rings is 1. The summed E-state index contributed by atoms with van der Waals surface area (Å²) >= 11 is 5.85. The van der Waals surface area contributed by atoms with E-state index < -0.39 is 0 Å². The molecule has 0 spiro atoms. The van der Waals surface area contributed by atoms with Crippen LogP contribution in [0.1, 0.15) is 11.1 Å². The average molecular weight is 259 g/mol. The predicted octanol–water partition coefficient (Wildman–Crippen LogP) is 2.87. The van der Waals surface area contributed by atoms with E-state index in [-0.39, 0.29) is 0 Å². The molecular weight excluding hydrogens is 248 g/mol. The maximum atomic E-state index is 8.97. The molecule has 0 unspecified atom stereocenters. The van der Waals surface area contributed by atoms with E-state index in [1.54, 1.807) is 18.2 Å². The molecule has 0 saturated heterocycles. The minimum absolute atomic E-state index is 0.369. The SMILES string of the molecule is Cc1cc(C#N)c(NN)nc1-c1ccc(Cl)cc1. The number of pyridine rings is 1. The lowest BCUT2D eigenvalue weighted by Gasteiger charge is -2.09. The van der Waals surface area contributed by atoms with Crippen LogP contribution < -0.4 is 11.3 Å². The minimum Gasteiger partial charge on any atom is -0.307 e. The van der Waals surface area contributed by atoms with Gasteiger partial charge in [-0.1, -0.05) is 23.7 Å². The topological polar surface area (TPSA) is 74.7 Å². The molecule has 1 heterocycles. The zero-order valence-electron chi connectivity index (χ0n) is 9.74.